The van der Waals surface area contributed by atoms with Gasteiger partial charge in [-0.3, -0.25) is 14.6 Å². The third-order valence-corrected chi connectivity index (χ3v) is 9.19. The SMILES string of the molecule is CCc1cc2cc3[nH]c(cc4nc(c(CC(=O)NCCN)c5nc(cc1[nH]2)C(C)=C5C(=O)O)C(CCC(=O)O)C4C)c(C)c3CC.[H-].[H-].[Na+].[Na+]. The summed E-state index contributed by atoms with van der Waals surface area (Å²) in [5, 5.41) is 22.9. The van der Waals surface area contributed by atoms with Gasteiger partial charge in [0.25, 0.3) is 0 Å². The number of carboxylic acid groups (broad SMARTS) is 2. The van der Waals surface area contributed by atoms with Crippen LogP contribution >= 0.6 is 0 Å². The number of aliphatic carboxylic acids is 2. The Bertz CT molecular complexity index is 1940. The number of H-pyrrole nitrogens is 2. The standard InChI is InChI=1S/C35H42N6O5.2Na.2H/c1-6-20-12-21-13-29-22(7-2)17(3)25(39-29)15-26-18(4)23(8-9-31(43)44)33(40-26)24(14-30(42)37-11-10-36)34-32(35(45)46)19(5)27(41-34)16-28(20)38-21;;;;/h12-13,15-16,18,23,38-39H,6-11,14,36H2,1-5H3,(H,37,42)(H,43,44)(H,45,46);;;;/q;2*+1;2*-1. The molecule has 0 aliphatic carbocycles. The first-order valence-electron chi connectivity index (χ1n) is 15.9. The fourth-order valence-electron chi connectivity index (χ4n) is 6.68. The number of aryl methyl sites for hydroxylation is 3. The molecule has 48 heavy (non-hydrogen) atoms. The Morgan fingerprint density at radius 2 is 1.69 bits per heavy atom. The number of carbonyl (C=O) groups is 3. The molecule has 0 aromatic carbocycles. The Morgan fingerprint density at radius 1 is 0.958 bits per heavy atom. The van der Waals surface area contributed by atoms with Gasteiger partial charge in [-0.1, -0.05) is 20.8 Å². The van der Waals surface area contributed by atoms with Gasteiger partial charge in [0.15, 0.2) is 0 Å². The number of carboxylic acids is 2. The van der Waals surface area contributed by atoms with Crippen molar-refractivity contribution < 1.29 is 86.6 Å². The van der Waals surface area contributed by atoms with E-state index in [4.69, 9.17) is 15.7 Å². The molecule has 0 saturated carbocycles. The molecule has 5 heterocycles. The molecule has 8 bridgehead atoms. The molecule has 246 valence electrons. The van der Waals surface area contributed by atoms with Crippen LogP contribution < -0.4 is 70.2 Å². The maximum absolute atomic E-state index is 13.3. The summed E-state index contributed by atoms with van der Waals surface area (Å²) in [6.45, 7) is 10.5. The van der Waals surface area contributed by atoms with Gasteiger partial charge in [-0.05, 0) is 79.6 Å². The predicted octanol–water partition coefficient (Wildman–Crippen LogP) is -0.634. The summed E-state index contributed by atoms with van der Waals surface area (Å²) in [5.41, 5.74) is 15.3. The van der Waals surface area contributed by atoms with Gasteiger partial charge in [-0.2, -0.15) is 0 Å². The van der Waals surface area contributed by atoms with Crippen LogP contribution in [0, 0.1) is 6.92 Å². The summed E-state index contributed by atoms with van der Waals surface area (Å²) < 4.78 is 0. The number of amides is 1. The second-order valence-electron chi connectivity index (χ2n) is 12.1. The van der Waals surface area contributed by atoms with Crippen molar-refractivity contribution in [3.63, 3.8) is 0 Å². The summed E-state index contributed by atoms with van der Waals surface area (Å²) in [4.78, 5) is 54.9. The van der Waals surface area contributed by atoms with Gasteiger partial charge in [0.2, 0.25) is 5.91 Å². The zero-order valence-electron chi connectivity index (χ0n) is 31.0. The molecule has 2 atom stereocenters. The monoisotopic (exact) mass is 674 g/mol. The first kappa shape index (κ1) is 39.7. The van der Waals surface area contributed by atoms with Crippen molar-refractivity contribution in [3.05, 3.63) is 69.3 Å². The molecule has 7 N–H and O–H groups in total. The van der Waals surface area contributed by atoms with Crippen molar-refractivity contribution in [1.29, 1.82) is 0 Å². The van der Waals surface area contributed by atoms with E-state index in [0.29, 0.717) is 22.5 Å². The Labute approximate surface area is 327 Å². The van der Waals surface area contributed by atoms with E-state index in [2.05, 4.69) is 48.2 Å². The molecule has 1 amide bonds. The number of rotatable bonds is 10. The molecule has 0 spiro atoms. The largest absolute Gasteiger partial charge is 1.00 e. The average Bonchev–Trinajstić information content (AvgIpc) is 3.72. The van der Waals surface area contributed by atoms with Crippen LogP contribution in [0.4, 0.5) is 0 Å². The molecule has 3 aromatic rings. The number of nitrogens with one attached hydrogen (secondary N) is 3. The van der Waals surface area contributed by atoms with Crippen molar-refractivity contribution in [2.24, 2.45) is 5.73 Å². The summed E-state index contributed by atoms with van der Waals surface area (Å²) >= 11 is 0. The Hall–Kier alpha value is -2.77. The molecule has 2 aliphatic rings. The summed E-state index contributed by atoms with van der Waals surface area (Å²) in [6, 6.07) is 8.03. The molecule has 13 heteroatoms. The Morgan fingerprint density at radius 3 is 2.31 bits per heavy atom. The number of hydrogen-bond donors (Lipinski definition) is 6. The number of aromatic amines is 2. The van der Waals surface area contributed by atoms with E-state index < -0.39 is 11.9 Å². The van der Waals surface area contributed by atoms with Crippen molar-refractivity contribution in [1.82, 2.24) is 25.3 Å². The Balaban J connectivity index is 0.00000312. The smallest absolute Gasteiger partial charge is 1.00 e. The Kier molecular flexibility index (Phi) is 13.8. The van der Waals surface area contributed by atoms with Crippen molar-refractivity contribution in [2.75, 3.05) is 13.1 Å². The zero-order chi connectivity index (χ0) is 33.3. The van der Waals surface area contributed by atoms with Crippen molar-refractivity contribution in [2.45, 2.75) is 78.6 Å². The summed E-state index contributed by atoms with van der Waals surface area (Å²) in [7, 11) is 0. The normalized spacial score (nSPS) is 15.5. The van der Waals surface area contributed by atoms with Gasteiger partial charge >= 0.3 is 71.1 Å². The third-order valence-electron chi connectivity index (χ3n) is 9.19. The second kappa shape index (κ2) is 16.8. The first-order chi connectivity index (χ1) is 22.0. The molecule has 5 rings (SSSR count). The minimum atomic E-state index is -1.17. The van der Waals surface area contributed by atoms with E-state index in [-0.39, 0.29) is 123 Å². The van der Waals surface area contributed by atoms with Gasteiger partial charge in [-0.25, -0.2) is 9.78 Å². The molecule has 0 saturated heterocycles. The van der Waals surface area contributed by atoms with Crippen molar-refractivity contribution in [3.8, 4) is 0 Å². The number of carbonyl (C=O) groups excluding carboxylic acids is 1. The summed E-state index contributed by atoms with van der Waals surface area (Å²) in [5.74, 6) is -3.05. The molecule has 0 radical (unpaired) electrons. The zero-order valence-corrected chi connectivity index (χ0v) is 33.0. The fourth-order valence-corrected chi connectivity index (χ4v) is 6.68. The minimum absolute atomic E-state index is 0. The molecular weight excluding hydrogens is 630 g/mol. The molecule has 0 fully saturated rings. The molecular formula is C35H44N6Na2O5. The van der Waals surface area contributed by atoms with E-state index >= 15 is 0 Å². The van der Waals surface area contributed by atoms with E-state index in [9.17, 15) is 24.6 Å². The first-order valence-corrected chi connectivity index (χ1v) is 15.9. The maximum Gasteiger partial charge on any atom is 1.00 e. The number of fused-ring (bicyclic) bond motifs is 8. The van der Waals surface area contributed by atoms with Crippen LogP contribution in [-0.4, -0.2) is 61.1 Å². The van der Waals surface area contributed by atoms with Gasteiger partial charge < -0.3 is 34.1 Å². The van der Waals surface area contributed by atoms with E-state index in [0.717, 1.165) is 51.7 Å². The molecule has 2 unspecified atom stereocenters. The average molecular weight is 675 g/mol. The van der Waals surface area contributed by atoms with E-state index in [1.54, 1.807) is 6.92 Å². The maximum atomic E-state index is 13.3. The van der Waals surface area contributed by atoms with Gasteiger partial charge in [-0.15, -0.1) is 0 Å². The topological polar surface area (TPSA) is 187 Å². The number of allylic oxidation sites excluding steroid dienone is 1. The second-order valence-corrected chi connectivity index (χ2v) is 12.1. The number of nitrogens with zero attached hydrogens (tertiary/aromatic N) is 2. The van der Waals surface area contributed by atoms with E-state index in [1.807, 2.05) is 19.1 Å². The molecule has 2 aliphatic heterocycles. The number of nitrogens with two attached hydrogens (primary N) is 1. The third kappa shape index (κ3) is 7.99. The van der Waals surface area contributed by atoms with Crippen LogP contribution in [-0.2, 0) is 33.6 Å². The van der Waals surface area contributed by atoms with Crippen molar-refractivity contribution >= 4 is 51.1 Å². The fraction of sp³-hybridized carbons (Fsp3) is 0.400. The molecule has 11 nitrogen and oxygen atoms in total. The van der Waals surface area contributed by atoms with Gasteiger partial charge in [0.05, 0.1) is 29.1 Å². The van der Waals surface area contributed by atoms with Crippen LogP contribution in [0.5, 0.6) is 0 Å². The summed E-state index contributed by atoms with van der Waals surface area (Å²) in [6.07, 6.45) is 1.52. The van der Waals surface area contributed by atoms with Crippen LogP contribution in [0.25, 0.3) is 33.2 Å². The quantitative estimate of drug-likeness (QED) is 0.153. The number of hydrogen-bond acceptors (Lipinski definition) is 6. The van der Waals surface area contributed by atoms with Crippen LogP contribution in [0.1, 0.15) is 100 Å². The van der Waals surface area contributed by atoms with Crippen LogP contribution in [0.2, 0.25) is 0 Å². The van der Waals surface area contributed by atoms with Crippen LogP contribution in [0.15, 0.2) is 24.3 Å². The van der Waals surface area contributed by atoms with Crippen LogP contribution in [0.3, 0.4) is 0 Å². The predicted molar refractivity (Wildman–Crippen MR) is 181 cm³/mol. The molecule has 3 aromatic heterocycles. The van der Waals surface area contributed by atoms with E-state index in [1.165, 1.54) is 5.56 Å². The minimum Gasteiger partial charge on any atom is -1.00 e. The van der Waals surface area contributed by atoms with Gasteiger partial charge in [0, 0.05) is 64.7 Å². The number of aromatic nitrogens is 4. The van der Waals surface area contributed by atoms with Gasteiger partial charge in [0.1, 0.15) is 0 Å².